The van der Waals surface area contributed by atoms with Crippen molar-refractivity contribution < 1.29 is 14.3 Å². The summed E-state index contributed by atoms with van der Waals surface area (Å²) < 4.78 is 11.0. The molecular weight excluding hydrogens is 396 g/mol. The standard InChI is InChI=1S/C22H28N6O3/c1-2-23-21(29)25-16-5-3-15(4-6-16)19-26-18-11-22(13-31-14-22)24-12-17(18)20(27-19)28-7-9-30-10-8-28/h3-6,24H,2,7-14H2,1H3,(H2,23,25,29). The van der Waals surface area contributed by atoms with Crippen LogP contribution in [0.25, 0.3) is 11.4 Å². The molecule has 1 aromatic heterocycles. The Morgan fingerprint density at radius 2 is 1.94 bits per heavy atom. The Morgan fingerprint density at radius 3 is 2.61 bits per heavy atom. The van der Waals surface area contributed by atoms with Gasteiger partial charge in [-0.3, -0.25) is 0 Å². The van der Waals surface area contributed by atoms with Crippen LogP contribution in [0.1, 0.15) is 18.2 Å². The molecule has 31 heavy (non-hydrogen) atoms. The molecule has 1 aromatic carbocycles. The van der Waals surface area contributed by atoms with Crippen molar-refractivity contribution in [2.24, 2.45) is 0 Å². The van der Waals surface area contributed by atoms with Crippen molar-refractivity contribution in [2.75, 3.05) is 56.3 Å². The number of carbonyl (C=O) groups excluding carboxylic acids is 1. The molecule has 2 fully saturated rings. The number of aromatic nitrogens is 2. The maximum atomic E-state index is 11.8. The molecule has 5 rings (SSSR count). The monoisotopic (exact) mass is 424 g/mol. The minimum atomic E-state index is -0.213. The molecule has 9 nitrogen and oxygen atoms in total. The first-order chi connectivity index (χ1) is 15.2. The van der Waals surface area contributed by atoms with Crippen LogP contribution >= 0.6 is 0 Å². The molecule has 0 saturated carbocycles. The first-order valence-electron chi connectivity index (χ1n) is 10.9. The lowest BCUT2D eigenvalue weighted by atomic mass is 9.86. The zero-order valence-electron chi connectivity index (χ0n) is 17.7. The van der Waals surface area contributed by atoms with E-state index in [0.29, 0.717) is 25.6 Å². The molecule has 3 aliphatic rings. The van der Waals surface area contributed by atoms with E-state index in [4.69, 9.17) is 19.4 Å². The minimum absolute atomic E-state index is 0.00131. The molecule has 0 aliphatic carbocycles. The van der Waals surface area contributed by atoms with E-state index in [1.165, 1.54) is 5.56 Å². The number of morpholine rings is 1. The van der Waals surface area contributed by atoms with Crippen LogP contribution in [0.5, 0.6) is 0 Å². The predicted molar refractivity (Wildman–Crippen MR) is 117 cm³/mol. The summed E-state index contributed by atoms with van der Waals surface area (Å²) in [6.07, 6.45) is 0.839. The second-order valence-corrected chi connectivity index (χ2v) is 8.26. The van der Waals surface area contributed by atoms with E-state index in [9.17, 15) is 4.79 Å². The molecule has 9 heteroatoms. The third kappa shape index (κ3) is 4.08. The largest absolute Gasteiger partial charge is 0.378 e. The Kier molecular flexibility index (Phi) is 5.47. The number of nitrogens with zero attached hydrogens (tertiary/aromatic N) is 3. The predicted octanol–water partition coefficient (Wildman–Crippen LogP) is 1.54. The fourth-order valence-corrected chi connectivity index (χ4v) is 4.26. The lowest BCUT2D eigenvalue weighted by Crippen LogP contribution is -2.63. The van der Waals surface area contributed by atoms with E-state index in [0.717, 1.165) is 62.0 Å². The number of amides is 2. The van der Waals surface area contributed by atoms with Gasteiger partial charge in [-0.2, -0.15) is 0 Å². The molecule has 3 N–H and O–H groups in total. The highest BCUT2D eigenvalue weighted by Gasteiger charge is 2.43. The van der Waals surface area contributed by atoms with Crippen molar-refractivity contribution in [1.29, 1.82) is 0 Å². The van der Waals surface area contributed by atoms with Crippen LogP contribution in [0.3, 0.4) is 0 Å². The second kappa shape index (κ2) is 8.41. The Bertz CT molecular complexity index is 954. The molecule has 3 aliphatic heterocycles. The number of anilines is 2. The smallest absolute Gasteiger partial charge is 0.319 e. The number of urea groups is 1. The number of ether oxygens (including phenoxy) is 2. The SMILES string of the molecule is CCNC(=O)Nc1ccc(-c2nc3c(c(N4CCOCC4)n2)CNC2(COC2)C3)cc1. The van der Waals surface area contributed by atoms with Gasteiger partial charge in [0.15, 0.2) is 5.82 Å². The van der Waals surface area contributed by atoms with Gasteiger partial charge in [0.1, 0.15) is 5.82 Å². The summed E-state index contributed by atoms with van der Waals surface area (Å²) in [4.78, 5) is 24.0. The number of carbonyl (C=O) groups is 1. The molecule has 0 unspecified atom stereocenters. The molecule has 4 heterocycles. The normalized spacial score (nSPS) is 19.5. The van der Waals surface area contributed by atoms with Gasteiger partial charge in [0.2, 0.25) is 0 Å². The number of hydrogen-bond donors (Lipinski definition) is 3. The van der Waals surface area contributed by atoms with Crippen LogP contribution in [-0.4, -0.2) is 67.6 Å². The van der Waals surface area contributed by atoms with E-state index < -0.39 is 0 Å². The van der Waals surface area contributed by atoms with Crippen molar-refractivity contribution in [3.8, 4) is 11.4 Å². The van der Waals surface area contributed by atoms with Crippen molar-refractivity contribution in [3.63, 3.8) is 0 Å². The maximum absolute atomic E-state index is 11.8. The third-order valence-corrected chi connectivity index (χ3v) is 6.02. The van der Waals surface area contributed by atoms with E-state index in [1.807, 2.05) is 31.2 Å². The molecule has 2 aromatic rings. The number of hydrogen-bond acceptors (Lipinski definition) is 7. The van der Waals surface area contributed by atoms with Crippen molar-refractivity contribution in [3.05, 3.63) is 35.5 Å². The van der Waals surface area contributed by atoms with Crippen LogP contribution in [0, 0.1) is 0 Å². The van der Waals surface area contributed by atoms with Crippen LogP contribution < -0.4 is 20.9 Å². The van der Waals surface area contributed by atoms with Crippen molar-refractivity contribution in [2.45, 2.75) is 25.4 Å². The molecule has 0 atom stereocenters. The fourth-order valence-electron chi connectivity index (χ4n) is 4.26. The summed E-state index contributed by atoms with van der Waals surface area (Å²) in [6, 6.07) is 7.45. The number of nitrogens with one attached hydrogen (secondary N) is 3. The van der Waals surface area contributed by atoms with Gasteiger partial charge in [0.05, 0.1) is 37.7 Å². The highest BCUT2D eigenvalue weighted by atomic mass is 16.5. The topological polar surface area (TPSA) is 101 Å². The summed E-state index contributed by atoms with van der Waals surface area (Å²) in [5.74, 6) is 1.71. The van der Waals surface area contributed by atoms with Gasteiger partial charge < -0.3 is 30.3 Å². The molecule has 2 amide bonds. The molecule has 1 spiro atoms. The van der Waals surface area contributed by atoms with E-state index in [1.54, 1.807) is 0 Å². The maximum Gasteiger partial charge on any atom is 0.319 e. The average molecular weight is 425 g/mol. The Labute approximate surface area is 181 Å². The Morgan fingerprint density at radius 1 is 1.16 bits per heavy atom. The van der Waals surface area contributed by atoms with Gasteiger partial charge >= 0.3 is 6.03 Å². The Hall–Kier alpha value is -2.75. The molecule has 164 valence electrons. The van der Waals surface area contributed by atoms with Crippen LogP contribution in [-0.2, 0) is 22.4 Å². The number of fused-ring (bicyclic) bond motifs is 1. The summed E-state index contributed by atoms with van der Waals surface area (Å²) in [5, 5.41) is 9.21. The van der Waals surface area contributed by atoms with Crippen molar-refractivity contribution in [1.82, 2.24) is 20.6 Å². The van der Waals surface area contributed by atoms with Crippen LogP contribution in [0.15, 0.2) is 24.3 Å². The van der Waals surface area contributed by atoms with Gasteiger partial charge in [-0.15, -0.1) is 0 Å². The minimum Gasteiger partial charge on any atom is -0.378 e. The molecule has 0 radical (unpaired) electrons. The van der Waals surface area contributed by atoms with E-state index in [-0.39, 0.29) is 11.6 Å². The van der Waals surface area contributed by atoms with Crippen LogP contribution in [0.2, 0.25) is 0 Å². The van der Waals surface area contributed by atoms with E-state index in [2.05, 4.69) is 20.9 Å². The average Bonchev–Trinajstić information content (AvgIpc) is 2.78. The van der Waals surface area contributed by atoms with Gasteiger partial charge in [-0.05, 0) is 31.2 Å². The van der Waals surface area contributed by atoms with Gasteiger partial charge in [-0.25, -0.2) is 14.8 Å². The highest BCUT2D eigenvalue weighted by Crippen LogP contribution is 2.34. The quantitative estimate of drug-likeness (QED) is 0.684. The number of benzene rings is 1. The fraction of sp³-hybridized carbons (Fsp3) is 0.500. The first kappa shape index (κ1) is 20.2. The van der Waals surface area contributed by atoms with Crippen molar-refractivity contribution >= 4 is 17.5 Å². The molecule has 2 saturated heterocycles. The van der Waals surface area contributed by atoms with Crippen LogP contribution in [0.4, 0.5) is 16.3 Å². The lowest BCUT2D eigenvalue weighted by Gasteiger charge is -2.45. The Balaban J connectivity index is 1.47. The lowest BCUT2D eigenvalue weighted by molar-refractivity contribution is -0.0785. The summed E-state index contributed by atoms with van der Waals surface area (Å²) in [5.41, 5.74) is 3.93. The zero-order valence-corrected chi connectivity index (χ0v) is 17.7. The second-order valence-electron chi connectivity index (χ2n) is 8.26. The summed E-state index contributed by atoms with van der Waals surface area (Å²) >= 11 is 0. The first-order valence-corrected chi connectivity index (χ1v) is 10.9. The van der Waals surface area contributed by atoms with Gasteiger partial charge in [-0.1, -0.05) is 0 Å². The molecule has 0 bridgehead atoms. The summed E-state index contributed by atoms with van der Waals surface area (Å²) in [7, 11) is 0. The highest BCUT2D eigenvalue weighted by molar-refractivity contribution is 5.89. The summed E-state index contributed by atoms with van der Waals surface area (Å²) in [6.45, 7) is 7.73. The molecular formula is C22H28N6O3. The van der Waals surface area contributed by atoms with Gasteiger partial charge in [0, 0.05) is 49.4 Å². The zero-order chi connectivity index (χ0) is 21.3. The third-order valence-electron chi connectivity index (χ3n) is 6.02. The van der Waals surface area contributed by atoms with E-state index >= 15 is 0 Å². The number of rotatable bonds is 4. The van der Waals surface area contributed by atoms with Gasteiger partial charge in [0.25, 0.3) is 0 Å².